The maximum Gasteiger partial charge on any atom is 0.147 e. The van der Waals surface area contributed by atoms with Crippen molar-refractivity contribution in [2.75, 3.05) is 18.0 Å². The van der Waals surface area contributed by atoms with E-state index in [4.69, 9.17) is 0 Å². The van der Waals surface area contributed by atoms with E-state index < -0.39 is 0 Å². The van der Waals surface area contributed by atoms with Gasteiger partial charge >= 0.3 is 0 Å². The van der Waals surface area contributed by atoms with Crippen molar-refractivity contribution in [1.29, 1.82) is 0 Å². The van der Waals surface area contributed by atoms with E-state index >= 15 is 0 Å². The predicted molar refractivity (Wildman–Crippen MR) is 65.8 cm³/mol. The second kappa shape index (κ2) is 4.49. The summed E-state index contributed by atoms with van der Waals surface area (Å²) in [6, 6.07) is 6.11. The van der Waals surface area contributed by atoms with Gasteiger partial charge in [0, 0.05) is 43.3 Å². The molecule has 4 heteroatoms. The maximum atomic E-state index is 4.43. The van der Waals surface area contributed by atoms with Crippen molar-refractivity contribution < 1.29 is 0 Å². The number of aromatic nitrogens is 3. The Morgan fingerprint density at radius 3 is 2.88 bits per heavy atom. The highest BCUT2D eigenvalue weighted by Gasteiger charge is 2.25. The van der Waals surface area contributed by atoms with Crippen LogP contribution in [0.25, 0.3) is 0 Å². The third-order valence-electron chi connectivity index (χ3n) is 3.17. The molecule has 0 radical (unpaired) electrons. The number of nitrogens with zero attached hydrogens (tertiary/aromatic N) is 4. The molecule has 0 bridgehead atoms. The van der Waals surface area contributed by atoms with Crippen molar-refractivity contribution in [2.24, 2.45) is 0 Å². The van der Waals surface area contributed by atoms with Crippen LogP contribution in [-0.4, -0.2) is 28.0 Å². The number of pyridine rings is 1. The molecule has 3 heterocycles. The van der Waals surface area contributed by atoms with E-state index in [0.717, 1.165) is 25.3 Å². The van der Waals surface area contributed by atoms with Crippen LogP contribution in [0.5, 0.6) is 0 Å². The highest BCUT2D eigenvalue weighted by molar-refractivity contribution is 5.38. The number of hydrogen-bond acceptors (Lipinski definition) is 4. The molecule has 86 valence electrons. The van der Waals surface area contributed by atoms with Gasteiger partial charge in [0.1, 0.15) is 5.82 Å². The Kier molecular flexibility index (Phi) is 2.69. The zero-order chi connectivity index (χ0) is 11.5. The van der Waals surface area contributed by atoms with Crippen molar-refractivity contribution >= 4 is 5.82 Å². The normalized spacial score (nSPS) is 19.5. The van der Waals surface area contributed by atoms with E-state index in [9.17, 15) is 0 Å². The first-order valence-electron chi connectivity index (χ1n) is 5.85. The van der Waals surface area contributed by atoms with Crippen LogP contribution >= 0.6 is 0 Å². The fraction of sp³-hybridized carbons (Fsp3) is 0.308. The second-order valence-electron chi connectivity index (χ2n) is 4.25. The van der Waals surface area contributed by atoms with Crippen LogP contribution in [0.4, 0.5) is 5.82 Å². The quantitative estimate of drug-likeness (QED) is 0.784. The van der Waals surface area contributed by atoms with Crippen LogP contribution in [-0.2, 0) is 0 Å². The minimum absolute atomic E-state index is 0.512. The van der Waals surface area contributed by atoms with Crippen molar-refractivity contribution in [3.63, 3.8) is 0 Å². The molecular weight excluding hydrogens is 212 g/mol. The highest BCUT2D eigenvalue weighted by atomic mass is 15.2. The lowest BCUT2D eigenvalue weighted by Gasteiger charge is -2.16. The molecule has 1 fully saturated rings. The third-order valence-corrected chi connectivity index (χ3v) is 3.17. The molecule has 0 aliphatic carbocycles. The summed E-state index contributed by atoms with van der Waals surface area (Å²) < 4.78 is 0. The van der Waals surface area contributed by atoms with Gasteiger partial charge in [0.25, 0.3) is 0 Å². The summed E-state index contributed by atoms with van der Waals surface area (Å²) in [6.45, 7) is 2.01. The summed E-state index contributed by atoms with van der Waals surface area (Å²) in [5.41, 5.74) is 1.18. The van der Waals surface area contributed by atoms with Crippen LogP contribution in [0.3, 0.4) is 0 Å². The molecule has 2 aromatic heterocycles. The van der Waals surface area contributed by atoms with Gasteiger partial charge in [-0.3, -0.25) is 9.97 Å². The van der Waals surface area contributed by atoms with Gasteiger partial charge in [-0.2, -0.15) is 0 Å². The van der Waals surface area contributed by atoms with E-state index in [2.05, 4.69) is 25.9 Å². The first kappa shape index (κ1) is 10.2. The van der Waals surface area contributed by atoms with Gasteiger partial charge in [-0.25, -0.2) is 4.98 Å². The largest absolute Gasteiger partial charge is 0.355 e. The lowest BCUT2D eigenvalue weighted by atomic mass is 10.0. The minimum Gasteiger partial charge on any atom is -0.355 e. The Morgan fingerprint density at radius 2 is 2.12 bits per heavy atom. The first-order chi connectivity index (χ1) is 8.43. The van der Waals surface area contributed by atoms with E-state index in [1.54, 1.807) is 12.4 Å². The van der Waals surface area contributed by atoms with Gasteiger partial charge in [-0.1, -0.05) is 6.07 Å². The lowest BCUT2D eigenvalue weighted by molar-refractivity contribution is 0.743. The van der Waals surface area contributed by atoms with Gasteiger partial charge in [0.15, 0.2) is 0 Å². The summed E-state index contributed by atoms with van der Waals surface area (Å²) in [7, 11) is 0. The molecule has 0 amide bonds. The maximum absolute atomic E-state index is 4.43. The Labute approximate surface area is 100 Å². The monoisotopic (exact) mass is 226 g/mol. The van der Waals surface area contributed by atoms with Crippen molar-refractivity contribution in [3.8, 4) is 0 Å². The molecule has 1 unspecified atom stereocenters. The predicted octanol–water partition coefficient (Wildman–Crippen LogP) is 1.87. The van der Waals surface area contributed by atoms with Crippen LogP contribution in [0.2, 0.25) is 0 Å². The smallest absolute Gasteiger partial charge is 0.147 e. The van der Waals surface area contributed by atoms with Crippen LogP contribution in [0.15, 0.2) is 43.0 Å². The average Bonchev–Trinajstić information content (AvgIpc) is 2.90. The van der Waals surface area contributed by atoms with E-state index in [0.29, 0.717) is 5.92 Å². The zero-order valence-electron chi connectivity index (χ0n) is 9.53. The Morgan fingerprint density at radius 1 is 1.12 bits per heavy atom. The van der Waals surface area contributed by atoms with E-state index in [1.807, 2.05) is 24.5 Å². The molecule has 1 atom stereocenters. The van der Waals surface area contributed by atoms with Crippen molar-refractivity contribution in [3.05, 3.63) is 48.7 Å². The third kappa shape index (κ3) is 2.11. The summed E-state index contributed by atoms with van der Waals surface area (Å²) >= 11 is 0. The van der Waals surface area contributed by atoms with Gasteiger partial charge in [0.2, 0.25) is 0 Å². The highest BCUT2D eigenvalue weighted by Crippen LogP contribution is 2.27. The van der Waals surface area contributed by atoms with Crippen molar-refractivity contribution in [2.45, 2.75) is 12.3 Å². The fourth-order valence-electron chi connectivity index (χ4n) is 2.28. The molecule has 17 heavy (non-hydrogen) atoms. The molecule has 0 N–H and O–H groups in total. The van der Waals surface area contributed by atoms with Crippen molar-refractivity contribution in [1.82, 2.24) is 15.0 Å². The van der Waals surface area contributed by atoms with E-state index in [1.165, 1.54) is 5.69 Å². The summed E-state index contributed by atoms with van der Waals surface area (Å²) in [6.07, 6.45) is 8.26. The summed E-state index contributed by atoms with van der Waals surface area (Å²) in [4.78, 5) is 15.1. The summed E-state index contributed by atoms with van der Waals surface area (Å²) in [5, 5.41) is 0. The number of anilines is 1. The topological polar surface area (TPSA) is 41.9 Å². The Hall–Kier alpha value is -1.97. The molecule has 1 aliphatic heterocycles. The van der Waals surface area contributed by atoms with Gasteiger partial charge in [-0.05, 0) is 18.6 Å². The molecule has 1 saturated heterocycles. The fourth-order valence-corrected chi connectivity index (χ4v) is 2.28. The SMILES string of the molecule is c1ccc(C2CCN(c3cnccn3)C2)nc1. The van der Waals surface area contributed by atoms with Crippen LogP contribution in [0, 0.1) is 0 Å². The van der Waals surface area contributed by atoms with Crippen LogP contribution in [0.1, 0.15) is 18.0 Å². The number of rotatable bonds is 2. The lowest BCUT2D eigenvalue weighted by Crippen LogP contribution is -2.20. The molecular formula is C13H14N4. The molecule has 4 nitrogen and oxygen atoms in total. The molecule has 1 aliphatic rings. The van der Waals surface area contributed by atoms with E-state index in [-0.39, 0.29) is 0 Å². The van der Waals surface area contributed by atoms with Crippen LogP contribution < -0.4 is 4.90 Å². The first-order valence-corrected chi connectivity index (χ1v) is 5.85. The average molecular weight is 226 g/mol. The van der Waals surface area contributed by atoms with Gasteiger partial charge < -0.3 is 4.90 Å². The minimum atomic E-state index is 0.512. The molecule has 0 saturated carbocycles. The molecule has 0 aromatic carbocycles. The Bertz CT molecular complexity index is 426. The van der Waals surface area contributed by atoms with Gasteiger partial charge in [0.05, 0.1) is 6.20 Å². The van der Waals surface area contributed by atoms with Gasteiger partial charge in [-0.15, -0.1) is 0 Å². The summed E-state index contributed by atoms with van der Waals surface area (Å²) in [5.74, 6) is 1.48. The number of hydrogen-bond donors (Lipinski definition) is 0. The standard InChI is InChI=1S/C13H14N4/c1-2-5-15-12(3-1)11-4-8-17(10-11)13-9-14-6-7-16-13/h1-3,5-7,9,11H,4,8,10H2. The molecule has 2 aromatic rings. The molecule has 0 spiro atoms. The zero-order valence-corrected chi connectivity index (χ0v) is 9.53. The second-order valence-corrected chi connectivity index (χ2v) is 4.25. The molecule has 3 rings (SSSR count). The Balaban J connectivity index is 1.75.